The number of piperidine rings is 1. The van der Waals surface area contributed by atoms with Gasteiger partial charge in [-0.05, 0) is 37.6 Å². The summed E-state index contributed by atoms with van der Waals surface area (Å²) in [6.45, 7) is 2.47. The molecule has 0 aromatic heterocycles. The van der Waals surface area contributed by atoms with Crippen LogP contribution < -0.4 is 9.80 Å². The molecule has 0 bridgehead atoms. The number of rotatable bonds is 3. The van der Waals surface area contributed by atoms with E-state index in [0.29, 0.717) is 44.2 Å². The monoisotopic (exact) mass is 514 g/mol. The van der Waals surface area contributed by atoms with Crippen LogP contribution in [0, 0.1) is 11.8 Å². The van der Waals surface area contributed by atoms with E-state index in [1.807, 2.05) is 42.5 Å². The van der Waals surface area contributed by atoms with Gasteiger partial charge in [-0.3, -0.25) is 24.1 Å². The zero-order valence-electron chi connectivity index (χ0n) is 21.1. The number of carbonyl (C=O) groups excluding carboxylic acids is 4. The molecule has 5 aliphatic heterocycles. The number of nitrogens with zero attached hydrogens (tertiary/aromatic N) is 4. The number of ether oxygens (including phenoxy) is 1. The van der Waals surface area contributed by atoms with E-state index < -0.39 is 17.4 Å². The minimum Gasteiger partial charge on any atom is -0.378 e. The van der Waals surface area contributed by atoms with Gasteiger partial charge in [-0.15, -0.1) is 0 Å². The molecule has 1 spiro atoms. The van der Waals surface area contributed by atoms with Crippen LogP contribution in [-0.4, -0.2) is 78.9 Å². The van der Waals surface area contributed by atoms with E-state index >= 15 is 0 Å². The second kappa shape index (κ2) is 8.74. The van der Waals surface area contributed by atoms with Crippen molar-refractivity contribution in [2.24, 2.45) is 11.8 Å². The maximum atomic E-state index is 14.7. The number of imide groups is 1. The summed E-state index contributed by atoms with van der Waals surface area (Å²) in [5.74, 6) is -2.41. The normalized spacial score (nSPS) is 30.7. The van der Waals surface area contributed by atoms with Gasteiger partial charge < -0.3 is 14.5 Å². The highest BCUT2D eigenvalue weighted by Gasteiger charge is 2.75. The van der Waals surface area contributed by atoms with E-state index in [1.54, 1.807) is 21.9 Å². The lowest BCUT2D eigenvalue weighted by Gasteiger charge is -2.42. The molecule has 0 aliphatic carbocycles. The van der Waals surface area contributed by atoms with Crippen LogP contribution in [0.4, 0.5) is 11.4 Å². The molecule has 5 heterocycles. The highest BCUT2D eigenvalue weighted by molar-refractivity contribution is 6.26. The number of morpholine rings is 1. The predicted molar refractivity (Wildman–Crippen MR) is 138 cm³/mol. The predicted octanol–water partition coefficient (Wildman–Crippen LogP) is 1.76. The minimum absolute atomic E-state index is 0.0992. The summed E-state index contributed by atoms with van der Waals surface area (Å²) in [7, 11) is 0. The first kappa shape index (κ1) is 23.5. The minimum atomic E-state index is -1.30. The van der Waals surface area contributed by atoms with Gasteiger partial charge in [0, 0.05) is 30.4 Å². The van der Waals surface area contributed by atoms with Crippen LogP contribution in [0.5, 0.6) is 0 Å². The van der Waals surface area contributed by atoms with E-state index in [2.05, 4.69) is 4.90 Å². The first-order valence-electron chi connectivity index (χ1n) is 13.5. The van der Waals surface area contributed by atoms with Gasteiger partial charge in [0.25, 0.3) is 5.91 Å². The molecule has 196 valence electrons. The lowest BCUT2D eigenvalue weighted by molar-refractivity contribution is -0.140. The van der Waals surface area contributed by atoms with Crippen molar-refractivity contribution in [2.75, 3.05) is 49.2 Å². The van der Waals surface area contributed by atoms with Crippen LogP contribution in [0.1, 0.15) is 24.8 Å². The molecule has 4 amide bonds. The lowest BCUT2D eigenvalue weighted by atomic mass is 9.76. The maximum Gasteiger partial charge on any atom is 0.253 e. The molecule has 0 unspecified atom stereocenters. The van der Waals surface area contributed by atoms with E-state index in [-0.39, 0.29) is 36.2 Å². The Morgan fingerprint density at radius 2 is 1.63 bits per heavy atom. The van der Waals surface area contributed by atoms with Crippen LogP contribution in [-0.2, 0) is 29.5 Å². The lowest BCUT2D eigenvalue weighted by Crippen LogP contribution is -2.59. The summed E-state index contributed by atoms with van der Waals surface area (Å²) in [6.07, 6.45) is 2.60. The number of anilines is 2. The van der Waals surface area contributed by atoms with Crippen molar-refractivity contribution in [3.05, 3.63) is 60.2 Å². The molecular weight excluding hydrogens is 484 g/mol. The molecule has 2 aromatic carbocycles. The van der Waals surface area contributed by atoms with Gasteiger partial charge in [0.1, 0.15) is 12.1 Å². The Kier molecular flexibility index (Phi) is 5.42. The molecule has 2 aromatic rings. The second-order valence-electron chi connectivity index (χ2n) is 10.8. The molecule has 9 heteroatoms. The Morgan fingerprint density at radius 1 is 0.895 bits per heavy atom. The summed E-state index contributed by atoms with van der Waals surface area (Å²) in [4.78, 5) is 62.9. The molecule has 38 heavy (non-hydrogen) atoms. The van der Waals surface area contributed by atoms with Gasteiger partial charge in [-0.25, -0.2) is 4.90 Å². The number of fused-ring (bicyclic) bond motifs is 7. The van der Waals surface area contributed by atoms with E-state index in [4.69, 9.17) is 4.74 Å². The first-order valence-corrected chi connectivity index (χ1v) is 13.5. The van der Waals surface area contributed by atoms with Crippen molar-refractivity contribution < 1.29 is 23.9 Å². The van der Waals surface area contributed by atoms with Crippen molar-refractivity contribution in [1.29, 1.82) is 0 Å². The maximum absolute atomic E-state index is 14.7. The van der Waals surface area contributed by atoms with Crippen LogP contribution in [0.2, 0.25) is 0 Å². The summed E-state index contributed by atoms with van der Waals surface area (Å²) in [5.41, 5.74) is 0.624. The molecular formula is C29H30N4O5. The topological polar surface area (TPSA) is 90.5 Å². The third-order valence-corrected chi connectivity index (χ3v) is 9.07. The number of benzene rings is 2. The molecule has 9 nitrogen and oxygen atoms in total. The van der Waals surface area contributed by atoms with E-state index in [0.717, 1.165) is 24.8 Å². The molecule has 4 saturated heterocycles. The van der Waals surface area contributed by atoms with Crippen molar-refractivity contribution in [1.82, 2.24) is 9.80 Å². The molecule has 0 saturated carbocycles. The van der Waals surface area contributed by atoms with Crippen molar-refractivity contribution in [2.45, 2.75) is 30.8 Å². The fraction of sp³-hybridized carbons (Fsp3) is 0.448. The zero-order valence-corrected chi connectivity index (χ0v) is 21.1. The third kappa shape index (κ3) is 3.06. The number of carbonyl (C=O) groups is 4. The highest BCUT2D eigenvalue weighted by atomic mass is 16.5. The fourth-order valence-corrected chi connectivity index (χ4v) is 7.54. The molecule has 0 N–H and O–H groups in total. The summed E-state index contributed by atoms with van der Waals surface area (Å²) < 4.78 is 5.39. The van der Waals surface area contributed by atoms with Crippen molar-refractivity contribution >= 4 is 35.0 Å². The third-order valence-electron chi connectivity index (χ3n) is 9.07. The van der Waals surface area contributed by atoms with Crippen LogP contribution in [0.25, 0.3) is 0 Å². The van der Waals surface area contributed by atoms with Gasteiger partial charge in [-0.1, -0.05) is 42.8 Å². The summed E-state index contributed by atoms with van der Waals surface area (Å²) >= 11 is 0. The zero-order chi connectivity index (χ0) is 26.0. The number of amides is 4. The smallest absolute Gasteiger partial charge is 0.253 e. The van der Waals surface area contributed by atoms with Gasteiger partial charge >= 0.3 is 0 Å². The Morgan fingerprint density at radius 3 is 2.42 bits per heavy atom. The average molecular weight is 515 g/mol. The van der Waals surface area contributed by atoms with Gasteiger partial charge in [0.2, 0.25) is 17.7 Å². The van der Waals surface area contributed by atoms with Crippen molar-refractivity contribution in [3.63, 3.8) is 0 Å². The van der Waals surface area contributed by atoms with Crippen LogP contribution >= 0.6 is 0 Å². The van der Waals surface area contributed by atoms with Crippen molar-refractivity contribution in [3.8, 4) is 0 Å². The molecule has 4 atom stereocenters. The number of hydrogen-bond donors (Lipinski definition) is 0. The standard InChI is InChI=1S/C29H30N4O5/c34-23(30-14-16-38-17-15-30)18-31-21-11-5-4-10-20(21)29(28(31)37)25-24(22-12-6-7-13-32(22)29)26(35)33(27(25)36)19-8-2-1-3-9-19/h1-5,8-11,22,24-25H,6-7,12-18H2/t22-,24-,25-,29-/m0/s1. The van der Waals surface area contributed by atoms with E-state index in [9.17, 15) is 19.2 Å². The van der Waals surface area contributed by atoms with Crippen LogP contribution in [0.15, 0.2) is 54.6 Å². The van der Waals surface area contributed by atoms with Gasteiger partial charge in [0.05, 0.1) is 30.7 Å². The average Bonchev–Trinajstić information content (AvgIpc) is 3.51. The van der Waals surface area contributed by atoms with E-state index in [1.165, 1.54) is 4.90 Å². The molecule has 5 aliphatic rings. The number of hydrogen-bond acceptors (Lipinski definition) is 6. The second-order valence-corrected chi connectivity index (χ2v) is 10.8. The Balaban J connectivity index is 1.35. The molecule has 7 rings (SSSR count). The fourth-order valence-electron chi connectivity index (χ4n) is 7.54. The highest BCUT2D eigenvalue weighted by Crippen LogP contribution is 2.61. The van der Waals surface area contributed by atoms with Gasteiger partial charge in [-0.2, -0.15) is 0 Å². The first-order chi connectivity index (χ1) is 18.5. The SMILES string of the molecule is O=C(CN1C(=O)[C@]2(c3ccccc31)[C@@H]1C(=O)N(c3ccccc3)C(=O)[C@H]1[C@@H]1CCCCN12)N1CCOCC1. The van der Waals surface area contributed by atoms with Crippen LogP contribution in [0.3, 0.4) is 0 Å². The summed E-state index contributed by atoms with van der Waals surface area (Å²) in [6, 6.07) is 16.3. The molecule has 4 fully saturated rings. The quantitative estimate of drug-likeness (QED) is 0.580. The summed E-state index contributed by atoms with van der Waals surface area (Å²) in [5, 5.41) is 0. The van der Waals surface area contributed by atoms with Gasteiger partial charge in [0.15, 0.2) is 0 Å². The Bertz CT molecular complexity index is 1330. The Hall–Kier alpha value is -3.56. The largest absolute Gasteiger partial charge is 0.378 e. The number of para-hydroxylation sites is 2. The molecule has 0 radical (unpaired) electrons. The Labute approximate surface area is 220 Å².